The number of hydrogen-bond donors (Lipinski definition) is 1. The molecule has 0 spiro atoms. The van der Waals surface area contributed by atoms with Crippen LogP contribution in [0.4, 0.5) is 0 Å². The van der Waals surface area contributed by atoms with Gasteiger partial charge in [-0.05, 0) is 19.4 Å². The Kier molecular flexibility index (Phi) is 2.36. The van der Waals surface area contributed by atoms with Gasteiger partial charge in [0.25, 0.3) is 0 Å². The maximum atomic E-state index is 5.55. The number of aromatic nitrogens is 2. The molecule has 0 amide bonds. The second-order valence-corrected chi connectivity index (χ2v) is 3.84. The van der Waals surface area contributed by atoms with E-state index in [-0.39, 0.29) is 0 Å². The van der Waals surface area contributed by atoms with E-state index in [1.54, 1.807) is 0 Å². The van der Waals surface area contributed by atoms with E-state index >= 15 is 0 Å². The predicted molar refractivity (Wildman–Crippen MR) is 52.6 cm³/mol. The van der Waals surface area contributed by atoms with Gasteiger partial charge >= 0.3 is 0 Å². The average molecular weight is 179 g/mol. The van der Waals surface area contributed by atoms with Crippen LogP contribution in [-0.4, -0.2) is 16.1 Å². The smallest absolute Gasteiger partial charge is 0.111 e. The molecule has 1 aromatic heterocycles. The standard InChI is InChI=1S/C10H17N3/c1-8-3-2-6-13-9(4-5-11)7-12-10(8)13/h7-8H,2-6,11H2,1H3. The van der Waals surface area contributed by atoms with Gasteiger partial charge in [-0.2, -0.15) is 0 Å². The summed E-state index contributed by atoms with van der Waals surface area (Å²) in [5.74, 6) is 1.88. The lowest BCUT2D eigenvalue weighted by molar-refractivity contribution is 0.454. The third-order valence-corrected chi connectivity index (χ3v) is 2.83. The van der Waals surface area contributed by atoms with Gasteiger partial charge in [0.15, 0.2) is 0 Å². The van der Waals surface area contributed by atoms with E-state index in [9.17, 15) is 0 Å². The fourth-order valence-electron chi connectivity index (χ4n) is 2.11. The Morgan fingerprint density at radius 2 is 2.54 bits per heavy atom. The molecule has 0 fully saturated rings. The first-order valence-corrected chi connectivity index (χ1v) is 5.07. The highest BCUT2D eigenvalue weighted by Crippen LogP contribution is 2.26. The van der Waals surface area contributed by atoms with Gasteiger partial charge in [-0.1, -0.05) is 6.92 Å². The van der Waals surface area contributed by atoms with Crippen molar-refractivity contribution in [2.45, 2.75) is 38.6 Å². The van der Waals surface area contributed by atoms with Crippen LogP contribution in [0.3, 0.4) is 0 Å². The second-order valence-electron chi connectivity index (χ2n) is 3.84. The van der Waals surface area contributed by atoms with Crippen molar-refractivity contribution in [3.8, 4) is 0 Å². The van der Waals surface area contributed by atoms with Crippen LogP contribution in [0.5, 0.6) is 0 Å². The number of hydrogen-bond acceptors (Lipinski definition) is 2. The van der Waals surface area contributed by atoms with Gasteiger partial charge in [0.2, 0.25) is 0 Å². The highest BCUT2D eigenvalue weighted by atomic mass is 15.1. The summed E-state index contributed by atoms with van der Waals surface area (Å²) in [6.07, 6.45) is 5.50. The van der Waals surface area contributed by atoms with Crippen molar-refractivity contribution in [1.82, 2.24) is 9.55 Å². The minimum Gasteiger partial charge on any atom is -0.332 e. The van der Waals surface area contributed by atoms with Gasteiger partial charge in [-0.15, -0.1) is 0 Å². The molecule has 1 aliphatic rings. The summed E-state index contributed by atoms with van der Waals surface area (Å²) < 4.78 is 2.35. The van der Waals surface area contributed by atoms with Crippen molar-refractivity contribution in [3.63, 3.8) is 0 Å². The lowest BCUT2D eigenvalue weighted by Crippen LogP contribution is -2.17. The maximum Gasteiger partial charge on any atom is 0.111 e. The normalized spacial score (nSPS) is 21.5. The summed E-state index contributed by atoms with van der Waals surface area (Å²) in [6.45, 7) is 4.11. The van der Waals surface area contributed by atoms with Crippen LogP contribution in [0.25, 0.3) is 0 Å². The van der Waals surface area contributed by atoms with E-state index in [1.807, 2.05) is 6.20 Å². The molecule has 3 nitrogen and oxygen atoms in total. The number of nitrogens with zero attached hydrogens (tertiary/aromatic N) is 2. The molecule has 1 aromatic rings. The van der Waals surface area contributed by atoms with Crippen molar-refractivity contribution in [3.05, 3.63) is 17.7 Å². The Morgan fingerprint density at radius 3 is 3.31 bits per heavy atom. The van der Waals surface area contributed by atoms with E-state index in [0.717, 1.165) is 19.5 Å². The van der Waals surface area contributed by atoms with E-state index < -0.39 is 0 Å². The third kappa shape index (κ3) is 1.48. The highest BCUT2D eigenvalue weighted by Gasteiger charge is 2.19. The topological polar surface area (TPSA) is 43.8 Å². The molecule has 0 aromatic carbocycles. The first-order valence-electron chi connectivity index (χ1n) is 5.07. The fraction of sp³-hybridized carbons (Fsp3) is 0.700. The molecular weight excluding hydrogens is 162 g/mol. The molecule has 0 bridgehead atoms. The lowest BCUT2D eigenvalue weighted by atomic mass is 10.0. The van der Waals surface area contributed by atoms with E-state index in [2.05, 4.69) is 16.5 Å². The molecule has 0 aliphatic carbocycles. The first kappa shape index (κ1) is 8.75. The highest BCUT2D eigenvalue weighted by molar-refractivity contribution is 5.11. The van der Waals surface area contributed by atoms with Crippen LogP contribution in [0.2, 0.25) is 0 Å². The average Bonchev–Trinajstić information content (AvgIpc) is 2.51. The van der Waals surface area contributed by atoms with E-state index in [0.29, 0.717) is 5.92 Å². The van der Waals surface area contributed by atoms with Crippen molar-refractivity contribution in [2.75, 3.05) is 6.54 Å². The zero-order chi connectivity index (χ0) is 9.26. The van der Waals surface area contributed by atoms with Crippen molar-refractivity contribution in [2.24, 2.45) is 5.73 Å². The molecule has 2 heterocycles. The summed E-state index contributed by atoms with van der Waals surface area (Å²) >= 11 is 0. The molecule has 72 valence electrons. The third-order valence-electron chi connectivity index (χ3n) is 2.83. The summed E-state index contributed by atoms with van der Waals surface area (Å²) in [5.41, 5.74) is 6.86. The number of imidazole rings is 1. The van der Waals surface area contributed by atoms with E-state index in [4.69, 9.17) is 5.73 Å². The van der Waals surface area contributed by atoms with Crippen LogP contribution >= 0.6 is 0 Å². The Balaban J connectivity index is 2.30. The summed E-state index contributed by atoms with van der Waals surface area (Å²) in [7, 11) is 0. The molecule has 1 atom stereocenters. The van der Waals surface area contributed by atoms with Crippen molar-refractivity contribution < 1.29 is 0 Å². The molecule has 0 radical (unpaired) electrons. The van der Waals surface area contributed by atoms with Gasteiger partial charge in [0.1, 0.15) is 5.82 Å². The van der Waals surface area contributed by atoms with Gasteiger partial charge < -0.3 is 10.3 Å². The van der Waals surface area contributed by atoms with Crippen LogP contribution in [0.1, 0.15) is 37.2 Å². The van der Waals surface area contributed by atoms with Crippen molar-refractivity contribution >= 4 is 0 Å². The minimum atomic E-state index is 0.625. The first-order chi connectivity index (χ1) is 6.33. The molecule has 2 rings (SSSR count). The predicted octanol–water partition coefficient (Wildman–Crippen LogP) is 1.28. The fourth-order valence-corrected chi connectivity index (χ4v) is 2.11. The van der Waals surface area contributed by atoms with Crippen LogP contribution < -0.4 is 5.73 Å². The maximum absolute atomic E-state index is 5.55. The van der Waals surface area contributed by atoms with E-state index in [1.165, 1.54) is 24.4 Å². The summed E-state index contributed by atoms with van der Waals surface area (Å²) in [4.78, 5) is 4.46. The Labute approximate surface area is 79.0 Å². The minimum absolute atomic E-state index is 0.625. The van der Waals surface area contributed by atoms with Crippen LogP contribution in [0.15, 0.2) is 6.20 Å². The van der Waals surface area contributed by atoms with Crippen molar-refractivity contribution in [1.29, 1.82) is 0 Å². The van der Waals surface area contributed by atoms with Crippen LogP contribution in [-0.2, 0) is 13.0 Å². The Morgan fingerprint density at radius 1 is 1.69 bits per heavy atom. The zero-order valence-electron chi connectivity index (χ0n) is 8.16. The Hall–Kier alpha value is -0.830. The number of fused-ring (bicyclic) bond motifs is 1. The molecule has 0 saturated carbocycles. The quantitative estimate of drug-likeness (QED) is 0.743. The zero-order valence-corrected chi connectivity index (χ0v) is 8.16. The van der Waals surface area contributed by atoms with Gasteiger partial charge in [0, 0.05) is 30.8 Å². The molecule has 1 unspecified atom stereocenters. The molecular formula is C10H17N3. The van der Waals surface area contributed by atoms with Gasteiger partial charge in [-0.3, -0.25) is 0 Å². The second kappa shape index (κ2) is 3.50. The van der Waals surface area contributed by atoms with Crippen LogP contribution in [0, 0.1) is 0 Å². The molecule has 0 saturated heterocycles. The monoisotopic (exact) mass is 179 g/mol. The molecule has 3 heteroatoms. The molecule has 13 heavy (non-hydrogen) atoms. The SMILES string of the molecule is CC1CCCn2c(CCN)cnc21. The van der Waals surface area contributed by atoms with Gasteiger partial charge in [-0.25, -0.2) is 4.98 Å². The Bertz CT molecular complexity index is 290. The summed E-state index contributed by atoms with van der Waals surface area (Å²) in [6, 6.07) is 0. The number of rotatable bonds is 2. The largest absolute Gasteiger partial charge is 0.332 e. The van der Waals surface area contributed by atoms with Gasteiger partial charge in [0.05, 0.1) is 0 Å². The lowest BCUT2D eigenvalue weighted by Gasteiger charge is -2.21. The summed E-state index contributed by atoms with van der Waals surface area (Å²) in [5, 5.41) is 0. The number of nitrogens with two attached hydrogens (primary N) is 1. The molecule has 2 N–H and O–H groups in total. The molecule has 1 aliphatic heterocycles.